The fraction of sp³-hybridized carbons (Fsp3) is 0.571. The van der Waals surface area contributed by atoms with E-state index < -0.39 is 35.8 Å². The molecule has 45 heavy (non-hydrogen) atoms. The second-order valence-electron chi connectivity index (χ2n) is 14.3. The average molecular weight is 644 g/mol. The third kappa shape index (κ3) is 12.7. The van der Waals surface area contributed by atoms with Crippen molar-refractivity contribution in [2.24, 2.45) is 17.8 Å². The van der Waals surface area contributed by atoms with Crippen LogP contribution in [0.5, 0.6) is 0 Å². The highest BCUT2D eigenvalue weighted by Crippen LogP contribution is 2.40. The summed E-state index contributed by atoms with van der Waals surface area (Å²) in [7, 11) is 0. The molecule has 3 rings (SSSR count). The monoisotopic (exact) mass is 643 g/mol. The number of carbonyl (C=O) groups excluding carboxylic acids is 3. The van der Waals surface area contributed by atoms with Gasteiger partial charge >= 0.3 is 6.09 Å². The van der Waals surface area contributed by atoms with Gasteiger partial charge in [0.25, 0.3) is 0 Å². The molecule has 2 aromatic rings. The van der Waals surface area contributed by atoms with E-state index in [1.807, 2.05) is 51.1 Å². The Bertz CT molecular complexity index is 1260. The van der Waals surface area contributed by atoms with Crippen molar-refractivity contribution in [1.29, 1.82) is 0 Å². The molecule has 1 aliphatic rings. The van der Waals surface area contributed by atoms with E-state index in [2.05, 4.69) is 22.9 Å². The number of carbonyl (C=O) groups is 3. The van der Waals surface area contributed by atoms with E-state index in [-0.39, 0.29) is 34.9 Å². The Labute approximate surface area is 271 Å². The van der Waals surface area contributed by atoms with Crippen LogP contribution in [0.4, 0.5) is 9.18 Å². The Morgan fingerprint density at radius 2 is 1.62 bits per heavy atom. The predicted octanol–water partition coefficient (Wildman–Crippen LogP) is 5.87. The molecular formula is C35H50FN3O5S. The Morgan fingerprint density at radius 3 is 2.22 bits per heavy atom. The topological polar surface area (TPSA) is 117 Å². The first-order valence-electron chi connectivity index (χ1n) is 15.7. The van der Waals surface area contributed by atoms with Crippen LogP contribution >= 0.6 is 11.8 Å². The molecular weight excluding hydrogens is 593 g/mol. The second kappa shape index (κ2) is 15.9. The molecule has 1 aliphatic carbocycles. The van der Waals surface area contributed by atoms with Crippen LogP contribution in [0.2, 0.25) is 0 Å². The number of rotatable bonds is 12. The molecule has 0 radical (unpaired) electrons. The van der Waals surface area contributed by atoms with Crippen molar-refractivity contribution in [3.63, 3.8) is 0 Å². The third-order valence-electron chi connectivity index (χ3n) is 7.64. The minimum atomic E-state index is -1.00. The Kier molecular flexibility index (Phi) is 12.9. The Hall–Kier alpha value is -3.11. The Balaban J connectivity index is 1.81. The summed E-state index contributed by atoms with van der Waals surface area (Å²) >= 11 is 1.29. The average Bonchev–Trinajstić information content (AvgIpc) is 3.30. The molecule has 248 valence electrons. The largest absolute Gasteiger partial charge is 0.444 e. The van der Waals surface area contributed by atoms with Crippen molar-refractivity contribution in [2.75, 3.05) is 5.75 Å². The Morgan fingerprint density at radius 1 is 0.978 bits per heavy atom. The molecule has 6 unspecified atom stereocenters. The summed E-state index contributed by atoms with van der Waals surface area (Å²) in [4.78, 5) is 40.5. The first kappa shape index (κ1) is 36.4. The second-order valence-corrected chi connectivity index (χ2v) is 15.3. The van der Waals surface area contributed by atoms with Gasteiger partial charge in [-0.25, -0.2) is 9.18 Å². The number of aliphatic hydroxyl groups excluding tert-OH is 1. The van der Waals surface area contributed by atoms with E-state index in [0.29, 0.717) is 18.8 Å². The lowest BCUT2D eigenvalue weighted by Crippen LogP contribution is -2.55. The maximum Gasteiger partial charge on any atom is 0.408 e. The van der Waals surface area contributed by atoms with E-state index in [1.54, 1.807) is 32.9 Å². The fourth-order valence-corrected chi connectivity index (χ4v) is 6.62. The van der Waals surface area contributed by atoms with Crippen molar-refractivity contribution < 1.29 is 28.6 Å². The molecule has 0 spiro atoms. The van der Waals surface area contributed by atoms with Crippen molar-refractivity contribution in [3.8, 4) is 0 Å². The van der Waals surface area contributed by atoms with E-state index in [0.717, 1.165) is 23.3 Å². The molecule has 2 aromatic carbocycles. The van der Waals surface area contributed by atoms with Crippen molar-refractivity contribution in [2.45, 2.75) is 108 Å². The van der Waals surface area contributed by atoms with Gasteiger partial charge in [-0.1, -0.05) is 37.3 Å². The minimum absolute atomic E-state index is 0.00728. The van der Waals surface area contributed by atoms with Crippen LogP contribution < -0.4 is 16.0 Å². The first-order chi connectivity index (χ1) is 21.0. The molecule has 0 saturated heterocycles. The van der Waals surface area contributed by atoms with Gasteiger partial charge < -0.3 is 25.8 Å². The van der Waals surface area contributed by atoms with Gasteiger partial charge in [0.2, 0.25) is 11.8 Å². The number of alkyl carbamates (subject to hydrolysis) is 1. The number of benzene rings is 2. The molecule has 0 bridgehead atoms. The fourth-order valence-electron chi connectivity index (χ4n) is 5.70. The van der Waals surface area contributed by atoms with E-state index in [1.165, 1.54) is 23.9 Å². The van der Waals surface area contributed by atoms with Crippen LogP contribution in [0.25, 0.3) is 0 Å². The van der Waals surface area contributed by atoms with Crippen molar-refractivity contribution >= 4 is 29.7 Å². The number of hydrogen-bond acceptors (Lipinski definition) is 6. The van der Waals surface area contributed by atoms with Gasteiger partial charge in [-0.05, 0) is 109 Å². The van der Waals surface area contributed by atoms with Crippen LogP contribution in [0, 0.1) is 23.6 Å². The van der Waals surface area contributed by atoms with Crippen molar-refractivity contribution in [1.82, 2.24) is 16.0 Å². The van der Waals surface area contributed by atoms with Crippen LogP contribution in [0.3, 0.4) is 0 Å². The normalized spacial score (nSPS) is 20.5. The lowest BCUT2D eigenvalue weighted by molar-refractivity contribution is -0.128. The predicted molar refractivity (Wildman–Crippen MR) is 176 cm³/mol. The summed E-state index contributed by atoms with van der Waals surface area (Å²) in [5.41, 5.74) is -0.200. The summed E-state index contributed by atoms with van der Waals surface area (Å²) in [6.07, 6.45) is 0.578. The van der Waals surface area contributed by atoms with Gasteiger partial charge in [-0.15, -0.1) is 11.8 Å². The van der Waals surface area contributed by atoms with E-state index in [4.69, 9.17) is 4.74 Å². The summed E-state index contributed by atoms with van der Waals surface area (Å²) < 4.78 is 18.9. The molecule has 4 N–H and O–H groups in total. The van der Waals surface area contributed by atoms with E-state index in [9.17, 15) is 23.9 Å². The zero-order valence-corrected chi connectivity index (χ0v) is 28.4. The number of amides is 3. The number of halogens is 1. The van der Waals surface area contributed by atoms with Crippen LogP contribution in [0.15, 0.2) is 59.5 Å². The lowest BCUT2D eigenvalue weighted by atomic mass is 9.86. The lowest BCUT2D eigenvalue weighted by Gasteiger charge is -2.31. The van der Waals surface area contributed by atoms with E-state index >= 15 is 0 Å². The SMILES string of the molecule is CC1CC(CC(O)C(Cc2ccccc2)NC(=O)C(CSc2ccc(F)cc2)NC(=O)OC(C)(C)C)C(C(=O)NC(C)(C)C)C1. The zero-order chi connectivity index (χ0) is 33.4. The van der Waals surface area contributed by atoms with Crippen LogP contribution in [-0.4, -0.2) is 58.1 Å². The van der Waals surface area contributed by atoms with Gasteiger partial charge in [-0.3, -0.25) is 9.59 Å². The summed E-state index contributed by atoms with van der Waals surface area (Å²) in [6.45, 7) is 13.2. The van der Waals surface area contributed by atoms with Gasteiger partial charge in [0.05, 0.1) is 12.1 Å². The quantitative estimate of drug-likeness (QED) is 0.215. The standard InChI is InChI=1S/C35H50FN3O5S/c1-22-17-24(27(18-22)31(41)39-34(2,3)4)20-30(40)28(19-23-11-9-8-10-12-23)37-32(42)29(38-33(43)44-35(5,6)7)21-45-26-15-13-25(36)14-16-26/h8-16,22,24,27-30,40H,17-21H2,1-7H3,(H,37,42)(H,38,43)(H,39,41). The first-order valence-corrected chi connectivity index (χ1v) is 16.7. The number of thioether (sulfide) groups is 1. The zero-order valence-electron chi connectivity index (χ0n) is 27.6. The highest BCUT2D eigenvalue weighted by Gasteiger charge is 2.40. The summed E-state index contributed by atoms with van der Waals surface area (Å²) in [5, 5.41) is 20.4. The van der Waals surface area contributed by atoms with Gasteiger partial charge in [0, 0.05) is 22.1 Å². The maximum atomic E-state index is 13.8. The summed E-state index contributed by atoms with van der Waals surface area (Å²) in [6, 6.07) is 13.8. The van der Waals surface area contributed by atoms with Gasteiger partial charge in [-0.2, -0.15) is 0 Å². The van der Waals surface area contributed by atoms with Gasteiger partial charge in [0.15, 0.2) is 0 Å². The molecule has 10 heteroatoms. The number of aliphatic hydroxyl groups is 1. The molecule has 0 heterocycles. The minimum Gasteiger partial charge on any atom is -0.444 e. The molecule has 1 fully saturated rings. The molecule has 3 amide bonds. The maximum absolute atomic E-state index is 13.8. The highest BCUT2D eigenvalue weighted by molar-refractivity contribution is 7.99. The van der Waals surface area contributed by atoms with Crippen LogP contribution in [0.1, 0.15) is 73.3 Å². The highest BCUT2D eigenvalue weighted by atomic mass is 32.2. The molecule has 0 aromatic heterocycles. The molecule has 0 aliphatic heterocycles. The summed E-state index contributed by atoms with van der Waals surface area (Å²) in [5.74, 6) is -0.628. The van der Waals surface area contributed by atoms with Gasteiger partial charge in [0.1, 0.15) is 17.5 Å². The number of nitrogens with one attached hydrogen (secondary N) is 3. The smallest absolute Gasteiger partial charge is 0.408 e. The molecule has 6 atom stereocenters. The molecule has 1 saturated carbocycles. The van der Waals surface area contributed by atoms with Crippen LogP contribution in [-0.2, 0) is 20.7 Å². The third-order valence-corrected chi connectivity index (χ3v) is 8.74. The molecule has 8 nitrogen and oxygen atoms in total. The number of hydrogen-bond donors (Lipinski definition) is 4. The van der Waals surface area contributed by atoms with Crippen molar-refractivity contribution in [3.05, 3.63) is 66.0 Å². The number of ether oxygens (including phenoxy) is 1.